The van der Waals surface area contributed by atoms with Gasteiger partial charge in [0.05, 0.1) is 28.3 Å². The predicted molar refractivity (Wildman–Crippen MR) is 145 cm³/mol. The first-order chi connectivity index (χ1) is 16.9. The molecule has 1 N–H and O–H groups in total. The molecule has 4 rings (SSSR count). The molecule has 0 bridgehead atoms. The maximum absolute atomic E-state index is 13.7. The number of unbranched alkanes of at least 4 members (excludes halogenated alkanes) is 1. The molecule has 3 aromatic carbocycles. The number of rotatable bonds is 7. The average Bonchev–Trinajstić information content (AvgIpc) is 2.86. The molecule has 1 atom stereocenters. The summed E-state index contributed by atoms with van der Waals surface area (Å²) in [7, 11) is 0. The molecule has 1 aromatic heterocycles. The molecular formula is C28H29BrN4O2. The summed E-state index contributed by atoms with van der Waals surface area (Å²) in [5.41, 5.74) is 2.88. The number of aromatic nitrogens is 2. The fraction of sp³-hybridized carbons (Fsp3) is 0.250. The third-order valence-corrected chi connectivity index (χ3v) is 6.82. The molecule has 0 aliphatic carbocycles. The number of hydrogen-bond donors (Lipinski definition) is 1. The minimum atomic E-state index is -0.457. The molecular weight excluding hydrogens is 504 g/mol. The number of anilines is 1. The van der Waals surface area contributed by atoms with E-state index in [0.29, 0.717) is 29.0 Å². The van der Waals surface area contributed by atoms with Crippen LogP contribution in [0.25, 0.3) is 16.6 Å². The lowest BCUT2D eigenvalue weighted by atomic mass is 10.1. The van der Waals surface area contributed by atoms with Gasteiger partial charge in [-0.15, -0.1) is 0 Å². The minimum Gasteiger partial charge on any atom is -0.315 e. The first-order valence-electron chi connectivity index (χ1n) is 11.8. The number of halogens is 1. The van der Waals surface area contributed by atoms with Crippen LogP contribution >= 0.6 is 15.9 Å². The molecule has 7 heteroatoms. The highest BCUT2D eigenvalue weighted by molar-refractivity contribution is 9.10. The number of amides is 2. The SMILES string of the molecule is CCCCN(C(=O)Nc1ccccc1Br)C(C)c1nc2ccccc2c(=O)n1-c1ccccc1C. The predicted octanol–water partition coefficient (Wildman–Crippen LogP) is 6.85. The van der Waals surface area contributed by atoms with Crippen LogP contribution in [0.1, 0.15) is 44.1 Å². The molecule has 0 aliphatic heterocycles. The van der Waals surface area contributed by atoms with E-state index < -0.39 is 6.04 Å². The molecule has 2 amide bonds. The fourth-order valence-corrected chi connectivity index (χ4v) is 4.55. The molecule has 6 nitrogen and oxygen atoms in total. The summed E-state index contributed by atoms with van der Waals surface area (Å²) < 4.78 is 2.46. The molecule has 0 fully saturated rings. The zero-order chi connectivity index (χ0) is 24.9. The van der Waals surface area contributed by atoms with Crippen molar-refractivity contribution in [3.63, 3.8) is 0 Å². The lowest BCUT2D eigenvalue weighted by molar-refractivity contribution is 0.188. The van der Waals surface area contributed by atoms with Gasteiger partial charge in [0.2, 0.25) is 0 Å². The number of aryl methyl sites for hydroxylation is 1. The quantitative estimate of drug-likeness (QED) is 0.283. The van der Waals surface area contributed by atoms with Gasteiger partial charge in [-0.2, -0.15) is 0 Å². The van der Waals surface area contributed by atoms with Gasteiger partial charge in [0.1, 0.15) is 5.82 Å². The zero-order valence-electron chi connectivity index (χ0n) is 20.2. The number of urea groups is 1. The smallest absolute Gasteiger partial charge is 0.315 e. The molecule has 0 radical (unpaired) electrons. The Kier molecular flexibility index (Phi) is 7.66. The van der Waals surface area contributed by atoms with Gasteiger partial charge in [-0.3, -0.25) is 9.36 Å². The number of carbonyl (C=O) groups excluding carboxylic acids is 1. The Bertz CT molecular complexity index is 1420. The lowest BCUT2D eigenvalue weighted by Gasteiger charge is -2.31. The Morgan fingerprint density at radius 1 is 1.06 bits per heavy atom. The molecule has 1 unspecified atom stereocenters. The van der Waals surface area contributed by atoms with Gasteiger partial charge in [0, 0.05) is 11.0 Å². The van der Waals surface area contributed by atoms with E-state index >= 15 is 0 Å². The summed E-state index contributed by atoms with van der Waals surface area (Å²) in [5, 5.41) is 3.56. The standard InChI is InChI=1S/C28H29BrN4O2/c1-4-5-18-32(28(35)31-24-16-10-8-14-22(24)29)20(3)26-30-23-15-9-7-13-21(23)27(34)33(26)25-17-11-6-12-19(25)2/h6-17,20H,4-5,18H2,1-3H3,(H,31,35). The van der Waals surface area contributed by atoms with Crippen LogP contribution in [0, 0.1) is 6.92 Å². The monoisotopic (exact) mass is 532 g/mol. The van der Waals surface area contributed by atoms with E-state index in [-0.39, 0.29) is 11.6 Å². The maximum atomic E-state index is 13.7. The van der Waals surface area contributed by atoms with Crippen LogP contribution in [-0.4, -0.2) is 27.0 Å². The van der Waals surface area contributed by atoms with Gasteiger partial charge in [0.25, 0.3) is 5.56 Å². The summed E-state index contributed by atoms with van der Waals surface area (Å²) in [6.45, 7) is 6.52. The number of nitrogens with zero attached hydrogens (tertiary/aromatic N) is 3. The van der Waals surface area contributed by atoms with E-state index in [1.54, 1.807) is 15.5 Å². The molecule has 0 saturated heterocycles. The van der Waals surface area contributed by atoms with Crippen LogP contribution in [0.15, 0.2) is 82.1 Å². The molecule has 35 heavy (non-hydrogen) atoms. The van der Waals surface area contributed by atoms with Crippen LogP contribution in [0.5, 0.6) is 0 Å². The lowest BCUT2D eigenvalue weighted by Crippen LogP contribution is -2.40. The Labute approximate surface area is 213 Å². The highest BCUT2D eigenvalue weighted by atomic mass is 79.9. The Balaban J connectivity index is 1.85. The van der Waals surface area contributed by atoms with E-state index in [2.05, 4.69) is 28.2 Å². The molecule has 0 aliphatic rings. The average molecular weight is 533 g/mol. The van der Waals surface area contributed by atoms with Crippen molar-refractivity contribution in [2.24, 2.45) is 0 Å². The van der Waals surface area contributed by atoms with Gasteiger partial charge in [-0.05, 0) is 72.1 Å². The van der Waals surface area contributed by atoms with Gasteiger partial charge >= 0.3 is 6.03 Å². The summed E-state index contributed by atoms with van der Waals surface area (Å²) in [4.78, 5) is 34.0. The highest BCUT2D eigenvalue weighted by Crippen LogP contribution is 2.27. The van der Waals surface area contributed by atoms with Gasteiger partial charge < -0.3 is 10.2 Å². The van der Waals surface area contributed by atoms with Crippen molar-refractivity contribution in [3.8, 4) is 5.69 Å². The maximum Gasteiger partial charge on any atom is 0.322 e. The second-order valence-corrected chi connectivity index (χ2v) is 9.40. The zero-order valence-corrected chi connectivity index (χ0v) is 21.7. The molecule has 0 saturated carbocycles. The van der Waals surface area contributed by atoms with E-state index in [0.717, 1.165) is 28.6 Å². The third-order valence-electron chi connectivity index (χ3n) is 6.13. The number of benzene rings is 3. The number of nitrogens with one attached hydrogen (secondary N) is 1. The van der Waals surface area contributed by atoms with Crippen LogP contribution in [0.4, 0.5) is 10.5 Å². The van der Waals surface area contributed by atoms with Crippen molar-refractivity contribution in [1.29, 1.82) is 0 Å². The Morgan fingerprint density at radius 3 is 2.49 bits per heavy atom. The van der Waals surface area contributed by atoms with E-state index in [9.17, 15) is 9.59 Å². The molecule has 180 valence electrons. The minimum absolute atomic E-state index is 0.145. The van der Waals surface area contributed by atoms with E-state index in [1.807, 2.05) is 80.6 Å². The summed E-state index contributed by atoms with van der Waals surface area (Å²) in [5.74, 6) is 0.529. The summed E-state index contributed by atoms with van der Waals surface area (Å²) in [6, 6.07) is 21.9. The Morgan fingerprint density at radius 2 is 1.74 bits per heavy atom. The number of hydrogen-bond acceptors (Lipinski definition) is 3. The third kappa shape index (κ3) is 5.15. The highest BCUT2D eigenvalue weighted by Gasteiger charge is 2.27. The van der Waals surface area contributed by atoms with E-state index in [1.165, 1.54) is 0 Å². The number of fused-ring (bicyclic) bond motifs is 1. The summed E-state index contributed by atoms with van der Waals surface area (Å²) in [6.07, 6.45) is 1.76. The van der Waals surface area contributed by atoms with E-state index in [4.69, 9.17) is 4.98 Å². The van der Waals surface area contributed by atoms with Crippen molar-refractivity contribution in [2.45, 2.75) is 39.7 Å². The fourth-order valence-electron chi connectivity index (χ4n) is 4.17. The van der Waals surface area contributed by atoms with Crippen molar-refractivity contribution < 1.29 is 4.79 Å². The van der Waals surface area contributed by atoms with Gasteiger partial charge in [-0.1, -0.05) is 55.8 Å². The largest absolute Gasteiger partial charge is 0.322 e. The molecule has 1 heterocycles. The van der Waals surface area contributed by atoms with Gasteiger partial charge in [-0.25, -0.2) is 9.78 Å². The topological polar surface area (TPSA) is 67.2 Å². The van der Waals surface area contributed by atoms with Crippen LogP contribution in [0.2, 0.25) is 0 Å². The van der Waals surface area contributed by atoms with Crippen molar-refractivity contribution in [2.75, 3.05) is 11.9 Å². The molecule has 0 spiro atoms. The van der Waals surface area contributed by atoms with Crippen molar-refractivity contribution >= 4 is 38.6 Å². The Hall–Kier alpha value is -3.45. The first-order valence-corrected chi connectivity index (χ1v) is 12.6. The van der Waals surface area contributed by atoms with Crippen molar-refractivity contribution in [3.05, 3.63) is 99.0 Å². The number of carbonyl (C=O) groups is 1. The van der Waals surface area contributed by atoms with Gasteiger partial charge in [0.15, 0.2) is 0 Å². The number of para-hydroxylation sites is 3. The second kappa shape index (κ2) is 10.9. The second-order valence-electron chi connectivity index (χ2n) is 8.55. The van der Waals surface area contributed by atoms with Crippen LogP contribution in [-0.2, 0) is 0 Å². The molecule has 4 aromatic rings. The van der Waals surface area contributed by atoms with Crippen LogP contribution in [0.3, 0.4) is 0 Å². The van der Waals surface area contributed by atoms with Crippen molar-refractivity contribution in [1.82, 2.24) is 14.5 Å². The summed E-state index contributed by atoms with van der Waals surface area (Å²) >= 11 is 3.50. The normalized spacial score (nSPS) is 11.9. The first kappa shape index (κ1) is 24.7. The van der Waals surface area contributed by atoms with Crippen LogP contribution < -0.4 is 10.9 Å².